The molecule has 3 rings (SSSR count). The summed E-state index contributed by atoms with van der Waals surface area (Å²) in [5.41, 5.74) is 6.85. The molecule has 0 saturated heterocycles. The van der Waals surface area contributed by atoms with Crippen molar-refractivity contribution in [2.75, 3.05) is 5.73 Å². The van der Waals surface area contributed by atoms with E-state index in [9.17, 15) is 15.3 Å². The van der Waals surface area contributed by atoms with E-state index in [-0.39, 0.29) is 22.5 Å². The summed E-state index contributed by atoms with van der Waals surface area (Å²) in [6.45, 7) is 1.97. The predicted octanol–water partition coefficient (Wildman–Crippen LogP) is 3.47. The van der Waals surface area contributed by atoms with Crippen molar-refractivity contribution in [3.63, 3.8) is 0 Å². The van der Waals surface area contributed by atoms with Crippen LogP contribution in [0.2, 0.25) is 0 Å². The van der Waals surface area contributed by atoms with Gasteiger partial charge < -0.3 is 15.5 Å². The number of hydrogen-bond donors (Lipinski definition) is 2. The van der Waals surface area contributed by atoms with Crippen molar-refractivity contribution in [3.05, 3.63) is 75.6 Å². The highest BCUT2D eigenvalue weighted by molar-refractivity contribution is 5.80. The second-order valence-electron chi connectivity index (χ2n) is 5.66. The summed E-state index contributed by atoms with van der Waals surface area (Å²) < 4.78 is 5.79. The van der Waals surface area contributed by atoms with Crippen LogP contribution in [0, 0.1) is 29.6 Å². The maximum Gasteiger partial charge on any atom is 0.268 e. The quantitative estimate of drug-likeness (QED) is 0.756. The lowest BCUT2D eigenvalue weighted by molar-refractivity contribution is 0.482. The Morgan fingerprint density at radius 3 is 2.31 bits per heavy atom. The summed E-state index contributed by atoms with van der Waals surface area (Å²) >= 11 is 0. The maximum absolute atomic E-state index is 12.0. The molecular weight excluding hydrogens is 328 g/mol. The van der Waals surface area contributed by atoms with Gasteiger partial charge in [0, 0.05) is 5.56 Å². The average molecular weight is 342 g/mol. The minimum atomic E-state index is -0.626. The zero-order chi connectivity index (χ0) is 18.7. The molecule has 0 spiro atoms. The second-order valence-corrected chi connectivity index (χ2v) is 5.66. The fourth-order valence-electron chi connectivity index (χ4n) is 2.64. The fraction of sp³-hybridized carbons (Fsp3) is 0.0500. The summed E-state index contributed by atoms with van der Waals surface area (Å²) in [5.74, 6) is 1.23. The summed E-state index contributed by atoms with van der Waals surface area (Å²) in [6, 6.07) is 18.2. The van der Waals surface area contributed by atoms with E-state index in [2.05, 4.69) is 4.98 Å². The highest BCUT2D eigenvalue weighted by Gasteiger charge is 2.18. The van der Waals surface area contributed by atoms with Gasteiger partial charge in [-0.15, -0.1) is 0 Å². The van der Waals surface area contributed by atoms with E-state index in [4.69, 9.17) is 10.5 Å². The number of nitrogens with zero attached hydrogens (tertiary/aromatic N) is 2. The molecule has 0 amide bonds. The highest BCUT2D eigenvalue weighted by Crippen LogP contribution is 2.30. The van der Waals surface area contributed by atoms with E-state index in [1.165, 1.54) is 0 Å². The van der Waals surface area contributed by atoms with Crippen molar-refractivity contribution in [1.29, 1.82) is 10.5 Å². The average Bonchev–Trinajstić information content (AvgIpc) is 2.62. The standard InChI is InChI=1S/C20H14N4O2/c1-12-3-2-4-15(9-12)26-14-7-5-13(6-8-14)18-16(10-21)19(23)24-20(25)17(18)11-22/h2-9H,1H3,(H3,23,24,25). The SMILES string of the molecule is Cc1cccc(Oc2ccc(-c3c(C#N)c(N)[nH]c(=O)c3C#N)cc2)c1. The molecule has 0 fully saturated rings. The number of pyridine rings is 1. The van der Waals surface area contributed by atoms with E-state index in [0.717, 1.165) is 5.56 Å². The lowest BCUT2D eigenvalue weighted by Gasteiger charge is -2.10. The summed E-state index contributed by atoms with van der Waals surface area (Å²) in [6.07, 6.45) is 0. The Kier molecular flexibility index (Phi) is 4.42. The number of aromatic amines is 1. The Morgan fingerprint density at radius 1 is 1.00 bits per heavy atom. The number of ether oxygens (including phenoxy) is 1. The number of nitrogens with two attached hydrogens (primary N) is 1. The number of aryl methyl sites for hydroxylation is 1. The van der Waals surface area contributed by atoms with Gasteiger partial charge in [-0.05, 0) is 42.3 Å². The van der Waals surface area contributed by atoms with Crippen molar-refractivity contribution < 1.29 is 4.74 Å². The van der Waals surface area contributed by atoms with Gasteiger partial charge in [0.2, 0.25) is 0 Å². The number of aromatic nitrogens is 1. The number of rotatable bonds is 3. The first kappa shape index (κ1) is 16.8. The molecule has 6 heteroatoms. The van der Waals surface area contributed by atoms with E-state index >= 15 is 0 Å². The lowest BCUT2D eigenvalue weighted by atomic mass is 9.96. The van der Waals surface area contributed by atoms with Gasteiger partial charge in [0.05, 0.1) is 0 Å². The first-order chi connectivity index (χ1) is 12.5. The lowest BCUT2D eigenvalue weighted by Crippen LogP contribution is -2.16. The van der Waals surface area contributed by atoms with E-state index < -0.39 is 5.56 Å². The first-order valence-corrected chi connectivity index (χ1v) is 7.74. The van der Waals surface area contributed by atoms with E-state index in [1.54, 1.807) is 24.3 Å². The van der Waals surface area contributed by atoms with E-state index in [0.29, 0.717) is 17.1 Å². The first-order valence-electron chi connectivity index (χ1n) is 7.74. The van der Waals surface area contributed by atoms with Gasteiger partial charge in [-0.3, -0.25) is 4.79 Å². The van der Waals surface area contributed by atoms with Crippen LogP contribution in [0.5, 0.6) is 11.5 Å². The summed E-state index contributed by atoms with van der Waals surface area (Å²) in [4.78, 5) is 14.3. The molecule has 0 unspecified atom stereocenters. The zero-order valence-electron chi connectivity index (χ0n) is 13.9. The maximum atomic E-state index is 12.0. The highest BCUT2D eigenvalue weighted by atomic mass is 16.5. The smallest absolute Gasteiger partial charge is 0.268 e. The van der Waals surface area contributed by atoms with Crippen molar-refractivity contribution in [2.24, 2.45) is 0 Å². The molecule has 26 heavy (non-hydrogen) atoms. The normalized spacial score (nSPS) is 9.96. The number of nitrogen functional groups attached to an aromatic ring is 1. The molecular formula is C20H14N4O2. The predicted molar refractivity (Wildman–Crippen MR) is 97.6 cm³/mol. The van der Waals surface area contributed by atoms with Gasteiger partial charge in [-0.2, -0.15) is 10.5 Å². The van der Waals surface area contributed by atoms with Crippen LogP contribution in [0.15, 0.2) is 53.3 Å². The van der Waals surface area contributed by atoms with Gasteiger partial charge >= 0.3 is 0 Å². The molecule has 3 aromatic rings. The molecule has 1 heterocycles. The minimum Gasteiger partial charge on any atom is -0.457 e. The Labute approximate surface area is 149 Å². The molecule has 0 atom stereocenters. The monoisotopic (exact) mass is 342 g/mol. The van der Waals surface area contributed by atoms with Gasteiger partial charge in [0.25, 0.3) is 5.56 Å². The van der Waals surface area contributed by atoms with Gasteiger partial charge in [0.1, 0.15) is 40.6 Å². The third-order valence-electron chi connectivity index (χ3n) is 3.84. The minimum absolute atomic E-state index is 0.0633. The molecule has 0 aliphatic carbocycles. The van der Waals surface area contributed by atoms with Gasteiger partial charge in [0.15, 0.2) is 0 Å². The van der Waals surface area contributed by atoms with E-state index in [1.807, 2.05) is 43.3 Å². The fourth-order valence-corrected chi connectivity index (χ4v) is 2.64. The van der Waals surface area contributed by atoms with Crippen LogP contribution in [-0.2, 0) is 0 Å². The van der Waals surface area contributed by atoms with Crippen molar-refractivity contribution in [2.45, 2.75) is 6.92 Å². The van der Waals surface area contributed by atoms with Crippen molar-refractivity contribution >= 4 is 5.82 Å². The molecule has 0 saturated carbocycles. The molecule has 0 aliphatic rings. The largest absolute Gasteiger partial charge is 0.457 e. The molecule has 0 aliphatic heterocycles. The van der Waals surface area contributed by atoms with Gasteiger partial charge in [-0.1, -0.05) is 24.3 Å². The number of H-pyrrole nitrogens is 1. The summed E-state index contributed by atoms with van der Waals surface area (Å²) in [7, 11) is 0. The summed E-state index contributed by atoms with van der Waals surface area (Å²) in [5, 5.41) is 18.7. The Hall–Kier alpha value is -4.03. The molecule has 6 nitrogen and oxygen atoms in total. The Balaban J connectivity index is 2.04. The molecule has 1 aromatic heterocycles. The number of nitriles is 2. The van der Waals surface area contributed by atoms with Crippen LogP contribution < -0.4 is 16.0 Å². The number of anilines is 1. The number of hydrogen-bond acceptors (Lipinski definition) is 5. The zero-order valence-corrected chi connectivity index (χ0v) is 13.9. The Morgan fingerprint density at radius 2 is 1.69 bits per heavy atom. The second kappa shape index (κ2) is 6.84. The molecule has 0 radical (unpaired) electrons. The number of nitrogens with one attached hydrogen (secondary N) is 1. The third-order valence-corrected chi connectivity index (χ3v) is 3.84. The van der Waals surface area contributed by atoms with Crippen LogP contribution in [0.3, 0.4) is 0 Å². The molecule has 0 bridgehead atoms. The van der Waals surface area contributed by atoms with Crippen LogP contribution in [0.1, 0.15) is 16.7 Å². The molecule has 126 valence electrons. The van der Waals surface area contributed by atoms with Crippen molar-refractivity contribution in [3.8, 4) is 34.8 Å². The number of benzene rings is 2. The van der Waals surface area contributed by atoms with Crippen LogP contribution in [0.4, 0.5) is 5.82 Å². The van der Waals surface area contributed by atoms with Crippen molar-refractivity contribution in [1.82, 2.24) is 4.98 Å². The van der Waals surface area contributed by atoms with Crippen LogP contribution in [0.25, 0.3) is 11.1 Å². The topological polar surface area (TPSA) is 116 Å². The van der Waals surface area contributed by atoms with Crippen LogP contribution in [-0.4, -0.2) is 4.98 Å². The van der Waals surface area contributed by atoms with Crippen LogP contribution >= 0.6 is 0 Å². The van der Waals surface area contributed by atoms with Gasteiger partial charge in [-0.25, -0.2) is 0 Å². The third kappa shape index (κ3) is 3.12. The molecule has 3 N–H and O–H groups in total. The molecule has 2 aromatic carbocycles. The Bertz CT molecular complexity index is 1120.